The number of carbonyl (C=O) groups is 1. The molecule has 1 aliphatic rings. The summed E-state index contributed by atoms with van der Waals surface area (Å²) in [5.74, 6) is -0.0758. The monoisotopic (exact) mass is 405 g/mol. The molecule has 0 aromatic heterocycles. The second-order valence-electron chi connectivity index (χ2n) is 6.11. The van der Waals surface area contributed by atoms with Crippen molar-refractivity contribution >= 4 is 27.5 Å². The Hall–Kier alpha value is -1.92. The van der Waals surface area contributed by atoms with E-state index in [1.165, 1.54) is 6.07 Å². The third kappa shape index (κ3) is 5.03. The van der Waals surface area contributed by atoms with E-state index in [-0.39, 0.29) is 18.3 Å². The Labute approximate surface area is 155 Å². The van der Waals surface area contributed by atoms with E-state index >= 15 is 0 Å². The van der Waals surface area contributed by atoms with Gasteiger partial charge in [0, 0.05) is 48.4 Å². The van der Waals surface area contributed by atoms with Crippen LogP contribution in [0.3, 0.4) is 0 Å². The lowest BCUT2D eigenvalue weighted by Gasteiger charge is -2.35. The first-order valence-corrected chi connectivity index (χ1v) is 9.14. The fourth-order valence-electron chi connectivity index (χ4n) is 2.88. The molecular weight excluding hydrogens is 385 g/mol. The van der Waals surface area contributed by atoms with E-state index in [1.807, 2.05) is 41.3 Å². The smallest absolute Gasteiger partial charge is 0.241 e. The van der Waals surface area contributed by atoms with Gasteiger partial charge in [-0.05, 0) is 30.3 Å². The van der Waals surface area contributed by atoms with Gasteiger partial charge < -0.3 is 10.2 Å². The number of nitrogens with one attached hydrogen (secondary N) is 1. The molecule has 0 unspecified atom stereocenters. The van der Waals surface area contributed by atoms with Crippen molar-refractivity contribution < 1.29 is 9.18 Å². The predicted molar refractivity (Wildman–Crippen MR) is 101 cm³/mol. The van der Waals surface area contributed by atoms with E-state index in [9.17, 15) is 9.18 Å². The number of rotatable bonds is 5. The molecule has 0 aliphatic carbocycles. The quantitative estimate of drug-likeness (QED) is 0.828. The first kappa shape index (κ1) is 17.9. The molecule has 0 atom stereocenters. The summed E-state index contributed by atoms with van der Waals surface area (Å²) in [7, 11) is 0. The Morgan fingerprint density at radius 2 is 1.72 bits per heavy atom. The lowest BCUT2D eigenvalue weighted by Crippen LogP contribution is -2.49. The number of benzene rings is 2. The number of hydrogen-bond acceptors (Lipinski definition) is 3. The highest BCUT2D eigenvalue weighted by atomic mass is 79.9. The predicted octanol–water partition coefficient (Wildman–Crippen LogP) is 3.34. The normalized spacial score (nSPS) is 15.2. The summed E-state index contributed by atoms with van der Waals surface area (Å²) in [6, 6.07) is 14.6. The van der Waals surface area contributed by atoms with Crippen molar-refractivity contribution in [1.29, 1.82) is 0 Å². The second kappa shape index (κ2) is 8.45. The minimum atomic E-state index is -0.167. The molecule has 2 aromatic carbocycles. The largest absolute Gasteiger partial charge is 0.376 e. The number of hydrogen-bond donors (Lipinski definition) is 1. The number of nitrogens with zero attached hydrogens (tertiary/aromatic N) is 2. The highest BCUT2D eigenvalue weighted by Crippen LogP contribution is 2.15. The Balaban J connectivity index is 1.44. The van der Waals surface area contributed by atoms with Gasteiger partial charge in [-0.3, -0.25) is 9.69 Å². The van der Waals surface area contributed by atoms with Gasteiger partial charge in [-0.1, -0.05) is 34.1 Å². The summed E-state index contributed by atoms with van der Waals surface area (Å²) in [6.07, 6.45) is 0. The van der Waals surface area contributed by atoms with Gasteiger partial charge in [0.15, 0.2) is 0 Å². The molecule has 0 radical (unpaired) electrons. The summed E-state index contributed by atoms with van der Waals surface area (Å²) in [4.78, 5) is 16.4. The standard InChI is InChI=1S/C19H21BrFN3O/c20-16-5-7-17(8-6-16)22-13-19(25)24-11-9-23(10-12-24)14-15-3-1-2-4-18(15)21/h1-8,22H,9-14H2. The summed E-state index contributed by atoms with van der Waals surface area (Å²) in [6.45, 7) is 3.75. The molecule has 0 bridgehead atoms. The van der Waals surface area contributed by atoms with E-state index in [0.29, 0.717) is 25.2 Å². The van der Waals surface area contributed by atoms with Crippen LogP contribution in [0.4, 0.5) is 10.1 Å². The molecule has 3 rings (SSSR count). The van der Waals surface area contributed by atoms with E-state index in [0.717, 1.165) is 23.2 Å². The maximum Gasteiger partial charge on any atom is 0.241 e. The van der Waals surface area contributed by atoms with E-state index < -0.39 is 0 Å². The average Bonchev–Trinajstić information content (AvgIpc) is 2.63. The minimum absolute atomic E-state index is 0.0912. The Kier molecular flexibility index (Phi) is 6.04. The van der Waals surface area contributed by atoms with Gasteiger partial charge in [-0.15, -0.1) is 0 Å². The molecule has 132 valence electrons. The molecule has 1 N–H and O–H groups in total. The molecule has 0 spiro atoms. The molecular formula is C19H21BrFN3O. The van der Waals surface area contributed by atoms with Crippen molar-refractivity contribution in [3.8, 4) is 0 Å². The highest BCUT2D eigenvalue weighted by molar-refractivity contribution is 9.10. The number of carbonyl (C=O) groups excluding carboxylic acids is 1. The van der Waals surface area contributed by atoms with Crippen LogP contribution >= 0.6 is 15.9 Å². The highest BCUT2D eigenvalue weighted by Gasteiger charge is 2.21. The number of halogens is 2. The lowest BCUT2D eigenvalue weighted by atomic mass is 10.2. The second-order valence-corrected chi connectivity index (χ2v) is 7.02. The van der Waals surface area contributed by atoms with Crippen LogP contribution in [-0.2, 0) is 11.3 Å². The topological polar surface area (TPSA) is 35.6 Å². The van der Waals surface area contributed by atoms with Gasteiger partial charge in [0.1, 0.15) is 5.82 Å². The molecule has 1 amide bonds. The molecule has 1 fully saturated rings. The van der Waals surface area contributed by atoms with Gasteiger partial charge >= 0.3 is 0 Å². The molecule has 1 heterocycles. The zero-order valence-electron chi connectivity index (χ0n) is 13.9. The Morgan fingerprint density at radius 1 is 1.04 bits per heavy atom. The first-order valence-electron chi connectivity index (χ1n) is 8.35. The zero-order valence-corrected chi connectivity index (χ0v) is 15.5. The lowest BCUT2D eigenvalue weighted by molar-refractivity contribution is -0.131. The molecule has 0 saturated carbocycles. The fraction of sp³-hybridized carbons (Fsp3) is 0.316. The van der Waals surface area contributed by atoms with Gasteiger partial charge in [0.2, 0.25) is 5.91 Å². The minimum Gasteiger partial charge on any atom is -0.376 e. The maximum atomic E-state index is 13.7. The zero-order chi connectivity index (χ0) is 17.6. The molecule has 2 aromatic rings. The summed E-state index contributed by atoms with van der Waals surface area (Å²) >= 11 is 3.39. The van der Waals surface area contributed by atoms with E-state index in [2.05, 4.69) is 26.1 Å². The average molecular weight is 406 g/mol. The van der Waals surface area contributed by atoms with E-state index in [4.69, 9.17) is 0 Å². The van der Waals surface area contributed by atoms with Crippen molar-refractivity contribution in [2.45, 2.75) is 6.54 Å². The molecule has 6 heteroatoms. The summed E-state index contributed by atoms with van der Waals surface area (Å²) in [5.41, 5.74) is 1.63. The van der Waals surface area contributed by atoms with Crippen LogP contribution in [0.2, 0.25) is 0 Å². The van der Waals surface area contributed by atoms with Crippen LogP contribution in [0, 0.1) is 5.82 Å². The molecule has 1 aliphatic heterocycles. The number of anilines is 1. The van der Waals surface area contributed by atoms with Crippen molar-refractivity contribution in [1.82, 2.24) is 9.80 Å². The van der Waals surface area contributed by atoms with Crippen molar-refractivity contribution in [2.24, 2.45) is 0 Å². The third-order valence-electron chi connectivity index (χ3n) is 4.36. The van der Waals surface area contributed by atoms with Crippen LogP contribution in [0.25, 0.3) is 0 Å². The van der Waals surface area contributed by atoms with Crippen LogP contribution in [0.5, 0.6) is 0 Å². The van der Waals surface area contributed by atoms with Crippen LogP contribution in [-0.4, -0.2) is 48.4 Å². The number of amides is 1. The van der Waals surface area contributed by atoms with Crippen molar-refractivity contribution in [3.05, 3.63) is 64.4 Å². The Morgan fingerprint density at radius 3 is 2.40 bits per heavy atom. The third-order valence-corrected chi connectivity index (χ3v) is 4.89. The maximum absolute atomic E-state index is 13.7. The van der Waals surface area contributed by atoms with Crippen LogP contribution < -0.4 is 5.32 Å². The van der Waals surface area contributed by atoms with Crippen LogP contribution in [0.15, 0.2) is 53.0 Å². The first-order chi connectivity index (χ1) is 12.1. The SMILES string of the molecule is O=C(CNc1ccc(Br)cc1)N1CCN(Cc2ccccc2F)CC1. The van der Waals surface area contributed by atoms with E-state index in [1.54, 1.807) is 6.07 Å². The van der Waals surface area contributed by atoms with Gasteiger partial charge in [0.25, 0.3) is 0 Å². The molecule has 1 saturated heterocycles. The summed E-state index contributed by atoms with van der Waals surface area (Å²) < 4.78 is 14.7. The van der Waals surface area contributed by atoms with Crippen molar-refractivity contribution in [3.63, 3.8) is 0 Å². The fourth-order valence-corrected chi connectivity index (χ4v) is 3.14. The number of piperazine rings is 1. The van der Waals surface area contributed by atoms with Crippen molar-refractivity contribution in [2.75, 3.05) is 38.0 Å². The molecule has 25 heavy (non-hydrogen) atoms. The Bertz CT molecular complexity index is 715. The summed E-state index contributed by atoms with van der Waals surface area (Å²) in [5, 5.41) is 3.15. The van der Waals surface area contributed by atoms with Gasteiger partial charge in [-0.25, -0.2) is 4.39 Å². The van der Waals surface area contributed by atoms with Gasteiger partial charge in [0.05, 0.1) is 6.54 Å². The van der Waals surface area contributed by atoms with Crippen LogP contribution in [0.1, 0.15) is 5.56 Å². The van der Waals surface area contributed by atoms with Gasteiger partial charge in [-0.2, -0.15) is 0 Å². The molecule has 4 nitrogen and oxygen atoms in total.